The van der Waals surface area contributed by atoms with E-state index in [9.17, 15) is 9.18 Å². The van der Waals surface area contributed by atoms with Gasteiger partial charge >= 0.3 is 0 Å². The molecule has 4 aromatic rings. The van der Waals surface area contributed by atoms with Gasteiger partial charge in [0.2, 0.25) is 5.95 Å². The summed E-state index contributed by atoms with van der Waals surface area (Å²) in [6, 6.07) is 16.6. The predicted molar refractivity (Wildman–Crippen MR) is 141 cm³/mol. The molecule has 0 aliphatic carbocycles. The lowest BCUT2D eigenvalue weighted by Crippen LogP contribution is -2.31. The average Bonchev–Trinajstić information content (AvgIpc) is 3.35. The Balaban J connectivity index is 1.48. The Hall–Kier alpha value is -4.44. The van der Waals surface area contributed by atoms with Crippen LogP contribution in [0.25, 0.3) is 0 Å². The molecule has 0 radical (unpaired) electrons. The molecule has 1 aliphatic rings. The van der Waals surface area contributed by atoms with Crippen molar-refractivity contribution < 1.29 is 18.7 Å². The van der Waals surface area contributed by atoms with Crippen LogP contribution in [0.1, 0.15) is 29.7 Å². The second kappa shape index (κ2) is 10.5. The Bertz CT molecular complexity index is 1530. The third-order valence-corrected chi connectivity index (χ3v) is 6.53. The van der Waals surface area contributed by atoms with E-state index in [-0.39, 0.29) is 23.1 Å². The van der Waals surface area contributed by atoms with E-state index in [0.717, 1.165) is 5.56 Å². The average molecular weight is 535 g/mol. The smallest absolute Gasteiger partial charge is 0.255 e. The van der Waals surface area contributed by atoms with Gasteiger partial charge < -0.3 is 20.1 Å². The van der Waals surface area contributed by atoms with Crippen molar-refractivity contribution in [1.82, 2.24) is 20.2 Å². The van der Waals surface area contributed by atoms with Crippen LogP contribution >= 0.6 is 11.6 Å². The van der Waals surface area contributed by atoms with E-state index in [2.05, 4.69) is 26.2 Å². The second-order valence-corrected chi connectivity index (χ2v) is 9.14. The van der Waals surface area contributed by atoms with Gasteiger partial charge in [-0.05, 0) is 71.8 Å². The Kier molecular flexibility index (Phi) is 6.97. The number of allylic oxidation sites excluding steroid dienone is 1. The molecule has 0 bridgehead atoms. The van der Waals surface area contributed by atoms with Crippen LogP contribution in [0.15, 0.2) is 71.9 Å². The van der Waals surface area contributed by atoms with Crippen LogP contribution in [0.5, 0.6) is 11.5 Å². The highest BCUT2D eigenvalue weighted by molar-refractivity contribution is 6.31. The Morgan fingerprint density at radius 1 is 1.13 bits per heavy atom. The number of halogens is 2. The molecular weight excluding hydrogens is 511 g/mol. The van der Waals surface area contributed by atoms with E-state index in [0.29, 0.717) is 40.0 Å². The molecule has 1 aromatic heterocycles. The van der Waals surface area contributed by atoms with Gasteiger partial charge in [0, 0.05) is 16.9 Å². The second-order valence-electron chi connectivity index (χ2n) is 8.74. The number of ether oxygens (including phenoxy) is 2. The lowest BCUT2D eigenvalue weighted by molar-refractivity contribution is -0.113. The zero-order chi connectivity index (χ0) is 26.8. The van der Waals surface area contributed by atoms with Crippen molar-refractivity contribution in [3.8, 4) is 11.5 Å². The van der Waals surface area contributed by atoms with Crippen molar-refractivity contribution in [3.05, 3.63) is 99.5 Å². The first-order valence-electron chi connectivity index (χ1n) is 11.7. The summed E-state index contributed by atoms with van der Waals surface area (Å²) >= 11 is 6.14. The predicted octanol–water partition coefficient (Wildman–Crippen LogP) is 5.29. The molecule has 0 spiro atoms. The van der Waals surface area contributed by atoms with E-state index >= 15 is 0 Å². The molecule has 0 fully saturated rings. The number of methoxy groups -OCH3 is 1. The summed E-state index contributed by atoms with van der Waals surface area (Å²) in [7, 11) is 1.50. The lowest BCUT2D eigenvalue weighted by Gasteiger charge is -2.28. The first-order chi connectivity index (χ1) is 18.4. The molecule has 1 aliphatic heterocycles. The van der Waals surface area contributed by atoms with Gasteiger partial charge in [0.05, 0.1) is 17.7 Å². The molecule has 1 atom stereocenters. The van der Waals surface area contributed by atoms with Gasteiger partial charge in [-0.15, -0.1) is 0 Å². The van der Waals surface area contributed by atoms with Crippen LogP contribution < -0.4 is 20.1 Å². The Morgan fingerprint density at radius 2 is 1.95 bits per heavy atom. The van der Waals surface area contributed by atoms with Crippen LogP contribution in [-0.2, 0) is 11.4 Å². The highest BCUT2D eigenvalue weighted by Crippen LogP contribution is 2.39. The summed E-state index contributed by atoms with van der Waals surface area (Å²) in [5.41, 5.74) is 3.65. The number of carbonyl (C=O) groups is 1. The first-order valence-corrected chi connectivity index (χ1v) is 12.1. The van der Waals surface area contributed by atoms with Gasteiger partial charge in [0.15, 0.2) is 11.5 Å². The highest BCUT2D eigenvalue weighted by atomic mass is 35.5. The van der Waals surface area contributed by atoms with Gasteiger partial charge in [0.25, 0.3) is 5.91 Å². The monoisotopic (exact) mass is 534 g/mol. The number of nitrogens with one attached hydrogen (secondary N) is 2. The fraction of sp³-hybridized carbons (Fsp3) is 0.185. The van der Waals surface area contributed by atoms with Crippen LogP contribution in [0.3, 0.4) is 0 Å². The summed E-state index contributed by atoms with van der Waals surface area (Å²) in [5.74, 6) is 0.402. The number of nitrogens with zero attached hydrogens (tertiary/aromatic N) is 4. The topological polar surface area (TPSA) is 103 Å². The van der Waals surface area contributed by atoms with E-state index in [4.69, 9.17) is 21.1 Å². The number of aromatic nitrogens is 4. The molecule has 11 heteroatoms. The van der Waals surface area contributed by atoms with Crippen molar-refractivity contribution in [2.45, 2.75) is 26.5 Å². The SMILES string of the molecule is COc1cc(C2C(C(=O)Nc3cccc(C)c3)=C(C)Nc3nnnn32)ccc1OCc1c(F)cccc1Cl. The number of rotatable bonds is 7. The maximum Gasteiger partial charge on any atom is 0.255 e. The number of carbonyl (C=O) groups excluding carboxylic acids is 1. The molecule has 5 rings (SSSR count). The molecule has 0 saturated heterocycles. The number of anilines is 2. The summed E-state index contributed by atoms with van der Waals surface area (Å²) in [6.45, 7) is 3.66. The van der Waals surface area contributed by atoms with Crippen LogP contribution in [0, 0.1) is 12.7 Å². The van der Waals surface area contributed by atoms with E-state index in [1.165, 1.54) is 23.9 Å². The third-order valence-electron chi connectivity index (χ3n) is 6.17. The fourth-order valence-electron chi connectivity index (χ4n) is 4.33. The van der Waals surface area contributed by atoms with Crippen molar-refractivity contribution in [2.75, 3.05) is 17.7 Å². The number of benzene rings is 3. The molecule has 2 heterocycles. The molecule has 3 aromatic carbocycles. The Labute approximate surface area is 223 Å². The van der Waals surface area contributed by atoms with Crippen molar-refractivity contribution in [3.63, 3.8) is 0 Å². The number of fused-ring (bicyclic) bond motifs is 1. The third kappa shape index (κ3) is 4.90. The molecule has 38 heavy (non-hydrogen) atoms. The van der Waals surface area contributed by atoms with E-state index in [1.54, 1.807) is 31.2 Å². The van der Waals surface area contributed by atoms with Crippen LogP contribution in [0.4, 0.5) is 16.0 Å². The zero-order valence-corrected chi connectivity index (χ0v) is 21.6. The quantitative estimate of drug-likeness (QED) is 0.332. The highest BCUT2D eigenvalue weighted by Gasteiger charge is 2.34. The standard InChI is InChI=1S/C27H24ClFN6O3/c1-15-6-4-7-18(12-15)31-26(36)24-16(2)30-27-32-33-34-35(27)25(24)17-10-11-22(23(13-17)37-3)38-14-19-20(28)8-5-9-21(19)29/h4-13,25H,14H2,1-3H3,(H,31,36)(H,30,32,34). The van der Waals surface area contributed by atoms with Crippen LogP contribution in [0.2, 0.25) is 5.02 Å². The minimum atomic E-state index is -0.657. The van der Waals surface area contributed by atoms with Crippen LogP contribution in [-0.4, -0.2) is 33.2 Å². The summed E-state index contributed by atoms with van der Waals surface area (Å²) in [5, 5.41) is 18.3. The molecule has 1 unspecified atom stereocenters. The number of hydrogen-bond donors (Lipinski definition) is 2. The number of amides is 1. The fourth-order valence-corrected chi connectivity index (χ4v) is 4.55. The first kappa shape index (κ1) is 25.2. The van der Waals surface area contributed by atoms with Gasteiger partial charge in [-0.2, -0.15) is 4.68 Å². The minimum absolute atomic E-state index is 0.0884. The van der Waals surface area contributed by atoms with Gasteiger partial charge in [-0.25, -0.2) is 4.39 Å². The molecule has 9 nitrogen and oxygen atoms in total. The molecule has 2 N–H and O–H groups in total. The van der Waals surface area contributed by atoms with Crippen molar-refractivity contribution in [1.29, 1.82) is 0 Å². The molecular formula is C27H24ClFN6O3. The molecule has 194 valence electrons. The number of aryl methyl sites for hydroxylation is 1. The molecule has 0 saturated carbocycles. The molecule has 1 amide bonds. The van der Waals surface area contributed by atoms with E-state index in [1.807, 2.05) is 31.2 Å². The summed E-state index contributed by atoms with van der Waals surface area (Å²) in [6.07, 6.45) is 0. The largest absolute Gasteiger partial charge is 0.493 e. The maximum atomic E-state index is 14.2. The Morgan fingerprint density at radius 3 is 2.71 bits per heavy atom. The summed E-state index contributed by atoms with van der Waals surface area (Å²) in [4.78, 5) is 13.6. The summed E-state index contributed by atoms with van der Waals surface area (Å²) < 4.78 is 27.2. The van der Waals surface area contributed by atoms with Crippen molar-refractivity contribution in [2.24, 2.45) is 0 Å². The van der Waals surface area contributed by atoms with Gasteiger partial charge in [0.1, 0.15) is 18.5 Å². The lowest BCUT2D eigenvalue weighted by atomic mass is 9.94. The van der Waals surface area contributed by atoms with Gasteiger partial charge in [-0.3, -0.25) is 4.79 Å². The zero-order valence-electron chi connectivity index (χ0n) is 20.8. The number of hydrogen-bond acceptors (Lipinski definition) is 7. The van der Waals surface area contributed by atoms with Gasteiger partial charge in [-0.1, -0.05) is 41.0 Å². The normalized spacial score (nSPS) is 14.5. The maximum absolute atomic E-state index is 14.2. The minimum Gasteiger partial charge on any atom is -0.493 e. The number of tetrazole rings is 1. The van der Waals surface area contributed by atoms with Crippen molar-refractivity contribution >= 4 is 29.1 Å². The van der Waals surface area contributed by atoms with E-state index < -0.39 is 11.9 Å².